The van der Waals surface area contributed by atoms with E-state index in [4.69, 9.17) is 22.1 Å². The van der Waals surface area contributed by atoms with Crippen molar-refractivity contribution in [1.29, 1.82) is 10.5 Å². The van der Waals surface area contributed by atoms with Crippen LogP contribution in [0.5, 0.6) is 0 Å². The maximum atomic E-state index is 11.9. The van der Waals surface area contributed by atoms with Gasteiger partial charge >= 0.3 is 0 Å². The van der Waals surface area contributed by atoms with Crippen LogP contribution in [0.4, 0.5) is 5.69 Å². The van der Waals surface area contributed by atoms with Crippen molar-refractivity contribution in [1.82, 2.24) is 5.32 Å². The molecular formula is C14H13ClN4O. The van der Waals surface area contributed by atoms with Crippen LogP contribution in [0.3, 0.4) is 0 Å². The monoisotopic (exact) mass is 288 g/mol. The van der Waals surface area contributed by atoms with E-state index < -0.39 is 5.91 Å². The lowest BCUT2D eigenvalue weighted by Gasteiger charge is -2.06. The van der Waals surface area contributed by atoms with E-state index in [9.17, 15) is 4.79 Å². The summed E-state index contributed by atoms with van der Waals surface area (Å²) in [5.41, 5.74) is 1.35. The molecule has 1 aromatic rings. The lowest BCUT2D eigenvalue weighted by molar-refractivity contribution is -0.112. The number of carbonyl (C=O) groups is 1. The molecule has 2 N–H and O–H groups in total. The Bertz CT molecular complexity index is 611. The van der Waals surface area contributed by atoms with Gasteiger partial charge in [-0.2, -0.15) is 10.5 Å². The van der Waals surface area contributed by atoms with Gasteiger partial charge in [0.25, 0.3) is 5.91 Å². The molecule has 6 heteroatoms. The van der Waals surface area contributed by atoms with Crippen molar-refractivity contribution in [3.05, 3.63) is 40.6 Å². The smallest absolute Gasteiger partial charge is 0.267 e. The van der Waals surface area contributed by atoms with Crippen LogP contribution >= 0.6 is 11.6 Å². The number of nitriles is 2. The molecule has 102 valence electrons. The second-order valence-corrected chi connectivity index (χ2v) is 4.36. The first-order valence-electron chi connectivity index (χ1n) is 5.86. The molecule has 0 fully saturated rings. The Morgan fingerprint density at radius 3 is 2.80 bits per heavy atom. The summed E-state index contributed by atoms with van der Waals surface area (Å²) in [5.74, 6) is -0.531. The topological polar surface area (TPSA) is 88.7 Å². The molecule has 5 nitrogen and oxygen atoms in total. The van der Waals surface area contributed by atoms with E-state index >= 15 is 0 Å². The average molecular weight is 289 g/mol. The summed E-state index contributed by atoms with van der Waals surface area (Å²) in [5, 5.41) is 23.1. The summed E-state index contributed by atoms with van der Waals surface area (Å²) < 4.78 is 0. The molecule has 0 aliphatic rings. The van der Waals surface area contributed by atoms with Crippen LogP contribution in [0.2, 0.25) is 5.02 Å². The fourth-order valence-corrected chi connectivity index (χ4v) is 1.50. The third-order valence-corrected chi connectivity index (χ3v) is 2.83. The summed E-state index contributed by atoms with van der Waals surface area (Å²) >= 11 is 5.96. The number of hydrogen-bond donors (Lipinski definition) is 2. The van der Waals surface area contributed by atoms with Gasteiger partial charge in [-0.1, -0.05) is 17.7 Å². The number of anilines is 1. The Morgan fingerprint density at radius 2 is 2.20 bits per heavy atom. The zero-order chi connectivity index (χ0) is 15.0. The summed E-state index contributed by atoms with van der Waals surface area (Å²) in [6, 6.07) is 8.85. The van der Waals surface area contributed by atoms with Crippen molar-refractivity contribution in [2.24, 2.45) is 0 Å². The first-order chi connectivity index (χ1) is 9.58. The highest BCUT2D eigenvalue weighted by Crippen LogP contribution is 2.20. The summed E-state index contributed by atoms with van der Waals surface area (Å²) in [4.78, 5) is 11.9. The van der Waals surface area contributed by atoms with Crippen molar-refractivity contribution < 1.29 is 4.79 Å². The maximum Gasteiger partial charge on any atom is 0.267 e. The minimum absolute atomic E-state index is 0.0698. The van der Waals surface area contributed by atoms with E-state index in [-0.39, 0.29) is 5.57 Å². The molecule has 0 radical (unpaired) electrons. The Labute approximate surface area is 122 Å². The molecule has 0 aliphatic carbocycles. The molecule has 0 saturated carbocycles. The first-order valence-corrected chi connectivity index (χ1v) is 6.24. The van der Waals surface area contributed by atoms with Gasteiger partial charge in [0, 0.05) is 23.5 Å². The highest BCUT2D eigenvalue weighted by Gasteiger charge is 2.09. The SMILES string of the molecule is Cc1ccc(NC(=O)/C(C#N)=C\NCCC#N)cc1Cl. The van der Waals surface area contributed by atoms with E-state index in [1.165, 1.54) is 6.20 Å². The van der Waals surface area contributed by atoms with Crippen molar-refractivity contribution in [3.63, 3.8) is 0 Å². The average Bonchev–Trinajstić information content (AvgIpc) is 2.43. The highest BCUT2D eigenvalue weighted by molar-refractivity contribution is 6.31. The summed E-state index contributed by atoms with van der Waals surface area (Å²) in [6.45, 7) is 2.24. The van der Waals surface area contributed by atoms with E-state index in [1.807, 2.05) is 13.0 Å². The second-order valence-electron chi connectivity index (χ2n) is 3.95. The molecule has 0 spiro atoms. The molecule has 0 saturated heterocycles. The molecule has 1 aromatic carbocycles. The third kappa shape index (κ3) is 4.64. The van der Waals surface area contributed by atoms with Gasteiger partial charge in [-0.05, 0) is 24.6 Å². The zero-order valence-electron chi connectivity index (χ0n) is 10.9. The molecule has 0 aliphatic heterocycles. The molecule has 0 atom stereocenters. The Morgan fingerprint density at radius 1 is 1.45 bits per heavy atom. The van der Waals surface area contributed by atoms with Crippen molar-refractivity contribution in [2.75, 3.05) is 11.9 Å². The number of hydrogen-bond acceptors (Lipinski definition) is 4. The van der Waals surface area contributed by atoms with Crippen molar-refractivity contribution >= 4 is 23.2 Å². The molecule has 0 bridgehead atoms. The predicted octanol–water partition coefficient (Wildman–Crippen LogP) is 2.50. The maximum absolute atomic E-state index is 11.9. The molecule has 1 rings (SSSR count). The van der Waals surface area contributed by atoms with Crippen LogP contribution in [0, 0.1) is 29.6 Å². The van der Waals surface area contributed by atoms with Gasteiger partial charge in [0.15, 0.2) is 0 Å². The van der Waals surface area contributed by atoms with Gasteiger partial charge in [-0.25, -0.2) is 0 Å². The Kier molecular flexibility index (Phi) is 6.09. The quantitative estimate of drug-likeness (QED) is 0.495. The number of halogens is 1. The normalized spacial score (nSPS) is 10.3. The molecule has 1 amide bonds. The number of amides is 1. The van der Waals surface area contributed by atoms with Gasteiger partial charge < -0.3 is 10.6 Å². The van der Waals surface area contributed by atoms with Gasteiger partial charge in [-0.15, -0.1) is 0 Å². The first kappa shape index (κ1) is 15.6. The van der Waals surface area contributed by atoms with Crippen LogP contribution in [-0.2, 0) is 4.79 Å². The Hall–Kier alpha value is -2.50. The molecule has 0 heterocycles. The molecular weight excluding hydrogens is 276 g/mol. The van der Waals surface area contributed by atoms with Gasteiger partial charge in [-0.3, -0.25) is 4.79 Å². The highest BCUT2D eigenvalue weighted by atomic mass is 35.5. The number of carbonyl (C=O) groups excluding carboxylic acids is 1. The van der Waals surface area contributed by atoms with Gasteiger partial charge in [0.05, 0.1) is 12.5 Å². The standard InChI is InChI=1S/C14H13ClN4O/c1-10-3-4-12(7-13(10)15)19-14(20)11(8-17)9-18-6-2-5-16/h3-4,7,9,18H,2,6H2,1H3,(H,19,20)/b11-9-. The summed E-state index contributed by atoms with van der Waals surface area (Å²) in [7, 11) is 0. The van der Waals surface area contributed by atoms with E-state index in [0.29, 0.717) is 23.7 Å². The fourth-order valence-electron chi connectivity index (χ4n) is 1.32. The number of nitrogens with one attached hydrogen (secondary N) is 2. The van der Waals surface area contributed by atoms with Crippen molar-refractivity contribution in [3.8, 4) is 12.1 Å². The lowest BCUT2D eigenvalue weighted by atomic mass is 10.2. The molecule has 0 aromatic heterocycles. The number of nitrogens with zero attached hydrogens (tertiary/aromatic N) is 2. The molecule has 20 heavy (non-hydrogen) atoms. The van der Waals surface area contributed by atoms with Crippen molar-refractivity contribution in [2.45, 2.75) is 13.3 Å². The third-order valence-electron chi connectivity index (χ3n) is 2.42. The summed E-state index contributed by atoms with van der Waals surface area (Å²) in [6.07, 6.45) is 1.59. The largest absolute Gasteiger partial charge is 0.389 e. The fraction of sp³-hybridized carbons (Fsp3) is 0.214. The van der Waals surface area contributed by atoms with Crippen LogP contribution in [0.15, 0.2) is 30.0 Å². The predicted molar refractivity (Wildman–Crippen MR) is 76.7 cm³/mol. The van der Waals surface area contributed by atoms with E-state index in [0.717, 1.165) is 5.56 Å². The number of aryl methyl sites for hydroxylation is 1. The van der Waals surface area contributed by atoms with E-state index in [2.05, 4.69) is 10.6 Å². The zero-order valence-corrected chi connectivity index (χ0v) is 11.7. The lowest BCUT2D eigenvalue weighted by Crippen LogP contribution is -2.17. The van der Waals surface area contributed by atoms with Gasteiger partial charge in [0.2, 0.25) is 0 Å². The van der Waals surface area contributed by atoms with Crippen LogP contribution in [0.25, 0.3) is 0 Å². The number of rotatable bonds is 5. The second kappa shape index (κ2) is 7.83. The van der Waals surface area contributed by atoms with E-state index in [1.54, 1.807) is 24.3 Å². The van der Waals surface area contributed by atoms with Crippen LogP contribution in [0.1, 0.15) is 12.0 Å². The molecule has 0 unspecified atom stereocenters. The van der Waals surface area contributed by atoms with Crippen LogP contribution in [-0.4, -0.2) is 12.5 Å². The minimum Gasteiger partial charge on any atom is -0.389 e. The van der Waals surface area contributed by atoms with Crippen LogP contribution < -0.4 is 10.6 Å². The Balaban J connectivity index is 2.70. The minimum atomic E-state index is -0.531. The number of benzene rings is 1. The van der Waals surface area contributed by atoms with Gasteiger partial charge in [0.1, 0.15) is 11.6 Å².